The van der Waals surface area contributed by atoms with Gasteiger partial charge in [-0.25, -0.2) is 4.79 Å². The molecule has 0 bridgehead atoms. The van der Waals surface area contributed by atoms with E-state index in [2.05, 4.69) is 17.1 Å². The van der Waals surface area contributed by atoms with Gasteiger partial charge in [-0.1, -0.05) is 6.92 Å². The number of nitrogens with one attached hydrogen (secondary N) is 1. The fourth-order valence-electron chi connectivity index (χ4n) is 3.18. The lowest BCUT2D eigenvalue weighted by atomic mass is 9.92. The van der Waals surface area contributed by atoms with Gasteiger partial charge in [-0.05, 0) is 33.1 Å². The normalized spacial score (nSPS) is 29.3. The summed E-state index contributed by atoms with van der Waals surface area (Å²) in [5.41, 5.74) is -0.407. The van der Waals surface area contributed by atoms with E-state index in [9.17, 15) is 4.79 Å². The van der Waals surface area contributed by atoms with Crippen molar-refractivity contribution in [2.24, 2.45) is 5.92 Å². The van der Waals surface area contributed by atoms with Crippen molar-refractivity contribution in [3.63, 3.8) is 0 Å². The van der Waals surface area contributed by atoms with Crippen LogP contribution in [0.15, 0.2) is 0 Å². The van der Waals surface area contributed by atoms with Crippen molar-refractivity contribution in [3.8, 4) is 0 Å². The number of hydrogen-bond donors (Lipinski definition) is 1. The standard InChI is InChI=1S/C15H29N3O2/c1-12-11-18(14(19)20-15(2,3)4)8-5-13(12)17-9-6-16-7-10-17/h12-13,16H,5-11H2,1-4H3. The molecule has 2 saturated heterocycles. The van der Waals surface area contributed by atoms with Gasteiger partial charge >= 0.3 is 6.09 Å². The van der Waals surface area contributed by atoms with Gasteiger partial charge in [0.2, 0.25) is 0 Å². The Balaban J connectivity index is 1.86. The van der Waals surface area contributed by atoms with Crippen molar-refractivity contribution in [2.45, 2.75) is 45.8 Å². The zero-order valence-corrected chi connectivity index (χ0v) is 13.3. The predicted octanol–water partition coefficient (Wildman–Crippen LogP) is 1.54. The Morgan fingerprint density at radius 2 is 1.85 bits per heavy atom. The molecule has 0 aliphatic carbocycles. The van der Waals surface area contributed by atoms with Crippen molar-refractivity contribution in [2.75, 3.05) is 39.3 Å². The first-order chi connectivity index (χ1) is 9.37. The summed E-state index contributed by atoms with van der Waals surface area (Å²) in [6, 6.07) is 0.607. The van der Waals surface area contributed by atoms with E-state index in [1.165, 1.54) is 0 Å². The van der Waals surface area contributed by atoms with E-state index in [0.717, 1.165) is 45.7 Å². The monoisotopic (exact) mass is 283 g/mol. The molecule has 0 radical (unpaired) electrons. The molecular formula is C15H29N3O2. The molecule has 20 heavy (non-hydrogen) atoms. The molecule has 1 N–H and O–H groups in total. The van der Waals surface area contributed by atoms with Crippen molar-refractivity contribution in [3.05, 3.63) is 0 Å². The molecule has 2 aliphatic heterocycles. The molecule has 2 rings (SSSR count). The number of nitrogens with zero attached hydrogens (tertiary/aromatic N) is 2. The highest BCUT2D eigenvalue weighted by Crippen LogP contribution is 2.24. The first-order valence-electron chi connectivity index (χ1n) is 7.79. The van der Waals surface area contributed by atoms with Crippen molar-refractivity contribution < 1.29 is 9.53 Å². The van der Waals surface area contributed by atoms with E-state index in [-0.39, 0.29) is 6.09 Å². The number of piperidine rings is 1. The third-order valence-electron chi connectivity index (χ3n) is 4.13. The summed E-state index contributed by atoms with van der Waals surface area (Å²) < 4.78 is 5.47. The van der Waals surface area contributed by atoms with E-state index in [1.54, 1.807) is 0 Å². The average molecular weight is 283 g/mol. The second kappa shape index (κ2) is 6.31. The Morgan fingerprint density at radius 3 is 2.40 bits per heavy atom. The van der Waals surface area contributed by atoms with Crippen molar-refractivity contribution in [1.29, 1.82) is 0 Å². The molecule has 2 heterocycles. The molecule has 0 aromatic rings. The number of likely N-dealkylation sites (tertiary alicyclic amines) is 1. The molecular weight excluding hydrogens is 254 g/mol. The molecule has 0 aromatic heterocycles. The third-order valence-corrected chi connectivity index (χ3v) is 4.13. The highest BCUT2D eigenvalue weighted by atomic mass is 16.6. The third kappa shape index (κ3) is 4.09. The fraction of sp³-hybridized carbons (Fsp3) is 0.933. The number of rotatable bonds is 1. The summed E-state index contributed by atoms with van der Waals surface area (Å²) in [6.45, 7) is 14.0. The average Bonchev–Trinajstić information content (AvgIpc) is 2.37. The van der Waals surface area contributed by atoms with Gasteiger partial charge in [0.1, 0.15) is 5.60 Å². The number of hydrogen-bond acceptors (Lipinski definition) is 4. The van der Waals surface area contributed by atoms with Gasteiger partial charge in [0.05, 0.1) is 0 Å². The SMILES string of the molecule is CC1CN(C(=O)OC(C)(C)C)CCC1N1CCNCC1. The van der Waals surface area contributed by atoms with E-state index in [4.69, 9.17) is 4.74 Å². The molecule has 2 aliphatic rings. The lowest BCUT2D eigenvalue weighted by Crippen LogP contribution is -2.56. The minimum atomic E-state index is -0.407. The Kier molecular flexibility index (Phi) is 4.91. The summed E-state index contributed by atoms with van der Waals surface area (Å²) in [7, 11) is 0. The van der Waals surface area contributed by atoms with Crippen LogP contribution in [0.4, 0.5) is 4.79 Å². The second-order valence-electron chi connectivity index (χ2n) is 7.05. The molecule has 0 aromatic carbocycles. The maximum absolute atomic E-state index is 12.1. The maximum atomic E-state index is 12.1. The molecule has 5 nitrogen and oxygen atoms in total. The predicted molar refractivity (Wildman–Crippen MR) is 79.8 cm³/mol. The second-order valence-corrected chi connectivity index (χ2v) is 7.05. The van der Waals surface area contributed by atoms with E-state index < -0.39 is 5.60 Å². The lowest BCUT2D eigenvalue weighted by Gasteiger charge is -2.44. The van der Waals surface area contributed by atoms with Crippen molar-refractivity contribution in [1.82, 2.24) is 15.1 Å². The molecule has 1 amide bonds. The van der Waals surface area contributed by atoms with Crippen LogP contribution in [0, 0.1) is 5.92 Å². The van der Waals surface area contributed by atoms with Crippen LogP contribution < -0.4 is 5.32 Å². The van der Waals surface area contributed by atoms with Gasteiger partial charge in [-0.2, -0.15) is 0 Å². The van der Waals surface area contributed by atoms with Crippen LogP contribution in [0.25, 0.3) is 0 Å². The molecule has 2 fully saturated rings. The smallest absolute Gasteiger partial charge is 0.410 e. The summed E-state index contributed by atoms with van der Waals surface area (Å²) >= 11 is 0. The topological polar surface area (TPSA) is 44.8 Å². The largest absolute Gasteiger partial charge is 0.444 e. The fourth-order valence-corrected chi connectivity index (χ4v) is 3.18. The van der Waals surface area contributed by atoms with Crippen LogP contribution in [0.1, 0.15) is 34.1 Å². The number of carbonyl (C=O) groups is 1. The summed E-state index contributed by atoms with van der Waals surface area (Å²) in [4.78, 5) is 16.6. The first kappa shape index (κ1) is 15.6. The summed E-state index contributed by atoms with van der Waals surface area (Å²) in [6.07, 6.45) is 0.892. The van der Waals surface area contributed by atoms with Crippen LogP contribution in [0.5, 0.6) is 0 Å². The van der Waals surface area contributed by atoms with Crippen LogP contribution >= 0.6 is 0 Å². The zero-order valence-electron chi connectivity index (χ0n) is 13.3. The Labute approximate surface area is 122 Å². The number of carbonyl (C=O) groups excluding carboxylic acids is 1. The lowest BCUT2D eigenvalue weighted by molar-refractivity contribution is 0.00259. The molecule has 0 saturated carbocycles. The van der Waals surface area contributed by atoms with Gasteiger partial charge in [-0.15, -0.1) is 0 Å². The van der Waals surface area contributed by atoms with Gasteiger partial charge in [0.25, 0.3) is 0 Å². The molecule has 2 unspecified atom stereocenters. The van der Waals surface area contributed by atoms with Crippen LogP contribution in [-0.2, 0) is 4.74 Å². The van der Waals surface area contributed by atoms with Crippen molar-refractivity contribution >= 4 is 6.09 Å². The zero-order chi connectivity index (χ0) is 14.8. The number of ether oxygens (including phenoxy) is 1. The molecule has 116 valence electrons. The van der Waals surface area contributed by atoms with Crippen LogP contribution in [0.3, 0.4) is 0 Å². The minimum absolute atomic E-state index is 0.164. The quantitative estimate of drug-likeness (QED) is 0.793. The maximum Gasteiger partial charge on any atom is 0.410 e. The highest BCUT2D eigenvalue weighted by Gasteiger charge is 2.34. The van der Waals surface area contributed by atoms with E-state index >= 15 is 0 Å². The molecule has 0 spiro atoms. The Hall–Kier alpha value is -0.810. The van der Waals surface area contributed by atoms with E-state index in [1.807, 2.05) is 25.7 Å². The molecule has 2 atom stereocenters. The summed E-state index contributed by atoms with van der Waals surface area (Å²) in [5, 5.41) is 3.40. The Morgan fingerprint density at radius 1 is 1.20 bits per heavy atom. The van der Waals surface area contributed by atoms with Crippen LogP contribution in [0.2, 0.25) is 0 Å². The minimum Gasteiger partial charge on any atom is -0.444 e. The van der Waals surface area contributed by atoms with E-state index in [0.29, 0.717) is 12.0 Å². The Bertz CT molecular complexity index is 335. The van der Waals surface area contributed by atoms with Gasteiger partial charge in [0, 0.05) is 45.3 Å². The number of amides is 1. The van der Waals surface area contributed by atoms with Crippen LogP contribution in [-0.4, -0.2) is 66.8 Å². The van der Waals surface area contributed by atoms with Gasteiger partial charge in [0.15, 0.2) is 0 Å². The summed E-state index contributed by atoms with van der Waals surface area (Å²) in [5.74, 6) is 0.509. The molecule has 5 heteroatoms. The highest BCUT2D eigenvalue weighted by molar-refractivity contribution is 5.68. The van der Waals surface area contributed by atoms with Gasteiger partial charge < -0.3 is 15.0 Å². The van der Waals surface area contributed by atoms with Gasteiger partial charge in [-0.3, -0.25) is 4.90 Å². The first-order valence-corrected chi connectivity index (χ1v) is 7.79. The number of piperazine rings is 1.